The van der Waals surface area contributed by atoms with Gasteiger partial charge in [0.25, 0.3) is 0 Å². The summed E-state index contributed by atoms with van der Waals surface area (Å²) in [7, 11) is 0. The van der Waals surface area contributed by atoms with Gasteiger partial charge in [-0.15, -0.1) is 0 Å². The Morgan fingerprint density at radius 1 is 1.06 bits per heavy atom. The summed E-state index contributed by atoms with van der Waals surface area (Å²) in [6, 6.07) is 7.91. The number of amides is 2. The molecule has 0 spiro atoms. The number of hydrogen-bond acceptors (Lipinski definition) is 6. The number of nitrogens with zero attached hydrogens (tertiary/aromatic N) is 4. The predicted molar refractivity (Wildman–Crippen MR) is 129 cm³/mol. The number of nitrogens with one attached hydrogen (secondary N) is 1. The van der Waals surface area contributed by atoms with Gasteiger partial charge in [-0.3, -0.25) is 14.5 Å². The van der Waals surface area contributed by atoms with E-state index in [0.29, 0.717) is 37.6 Å². The predicted octanol–water partition coefficient (Wildman–Crippen LogP) is 3.69. The number of benzene rings is 1. The van der Waals surface area contributed by atoms with Gasteiger partial charge in [-0.25, -0.2) is 0 Å². The van der Waals surface area contributed by atoms with Gasteiger partial charge >= 0.3 is 0 Å². The summed E-state index contributed by atoms with van der Waals surface area (Å²) in [6.45, 7) is 5.51. The maximum atomic E-state index is 12.8. The summed E-state index contributed by atoms with van der Waals surface area (Å²) in [4.78, 5) is 33.5. The summed E-state index contributed by atoms with van der Waals surface area (Å²) in [5.41, 5.74) is 0.663. The van der Waals surface area contributed by atoms with Gasteiger partial charge < -0.3 is 14.7 Å². The van der Waals surface area contributed by atoms with E-state index in [2.05, 4.69) is 20.4 Å². The smallest absolute Gasteiger partial charge is 0.227 e. The van der Waals surface area contributed by atoms with Crippen LogP contribution in [0.2, 0.25) is 5.02 Å². The Morgan fingerprint density at radius 3 is 2.38 bits per heavy atom. The molecule has 2 heterocycles. The van der Waals surface area contributed by atoms with Gasteiger partial charge in [0, 0.05) is 57.5 Å². The molecule has 0 unspecified atom stereocenters. The van der Waals surface area contributed by atoms with Crippen molar-refractivity contribution in [1.29, 1.82) is 0 Å². The second-order valence-electron chi connectivity index (χ2n) is 9.47. The van der Waals surface area contributed by atoms with Crippen molar-refractivity contribution in [3.8, 4) is 0 Å². The Labute approximate surface area is 206 Å². The van der Waals surface area contributed by atoms with Crippen LogP contribution < -0.4 is 5.32 Å². The molecule has 184 valence electrons. The Kier molecular flexibility index (Phi) is 8.21. The van der Waals surface area contributed by atoms with Crippen molar-refractivity contribution in [3.05, 3.63) is 46.6 Å². The van der Waals surface area contributed by atoms with Gasteiger partial charge in [0.2, 0.25) is 17.7 Å². The van der Waals surface area contributed by atoms with E-state index in [1.165, 1.54) is 12.5 Å². The number of halogens is 1. The highest BCUT2D eigenvalue weighted by atomic mass is 35.5. The number of aromatic nitrogens is 2. The van der Waals surface area contributed by atoms with Gasteiger partial charge in [0.15, 0.2) is 5.82 Å². The van der Waals surface area contributed by atoms with Crippen LogP contribution in [-0.2, 0) is 28.1 Å². The lowest BCUT2D eigenvalue weighted by molar-refractivity contribution is -0.133. The highest BCUT2D eigenvalue weighted by Gasteiger charge is 2.38. The van der Waals surface area contributed by atoms with Crippen LogP contribution in [0.1, 0.15) is 69.1 Å². The lowest BCUT2D eigenvalue weighted by Crippen LogP contribution is -2.48. The Balaban J connectivity index is 1.27. The quantitative estimate of drug-likeness (QED) is 0.599. The van der Waals surface area contributed by atoms with Gasteiger partial charge in [-0.2, -0.15) is 4.98 Å². The van der Waals surface area contributed by atoms with Crippen molar-refractivity contribution >= 4 is 23.4 Å². The number of rotatable bonds is 7. The molecular weight excluding hydrogens is 454 g/mol. The number of piperazine rings is 1. The van der Waals surface area contributed by atoms with Crippen LogP contribution in [0.5, 0.6) is 0 Å². The third-order valence-corrected chi connectivity index (χ3v) is 7.12. The van der Waals surface area contributed by atoms with Gasteiger partial charge in [-0.05, 0) is 30.5 Å². The average Bonchev–Trinajstić information content (AvgIpc) is 3.19. The van der Waals surface area contributed by atoms with E-state index in [4.69, 9.17) is 16.1 Å². The van der Waals surface area contributed by atoms with E-state index in [-0.39, 0.29) is 11.8 Å². The maximum Gasteiger partial charge on any atom is 0.227 e. The van der Waals surface area contributed by atoms with E-state index in [9.17, 15) is 9.59 Å². The van der Waals surface area contributed by atoms with Gasteiger partial charge in [0.1, 0.15) is 5.54 Å². The second-order valence-corrected chi connectivity index (χ2v) is 9.91. The van der Waals surface area contributed by atoms with E-state index < -0.39 is 5.54 Å². The molecule has 2 aromatic rings. The number of hydrogen-bond donors (Lipinski definition) is 1. The van der Waals surface area contributed by atoms with Crippen molar-refractivity contribution < 1.29 is 14.1 Å². The highest BCUT2D eigenvalue weighted by Crippen LogP contribution is 2.34. The van der Waals surface area contributed by atoms with Crippen molar-refractivity contribution in [1.82, 2.24) is 25.3 Å². The van der Waals surface area contributed by atoms with Gasteiger partial charge in [-0.1, -0.05) is 54.6 Å². The average molecular weight is 488 g/mol. The third kappa shape index (κ3) is 6.36. The topological polar surface area (TPSA) is 91.6 Å². The molecular formula is C25H34ClN5O3. The first-order valence-electron chi connectivity index (χ1n) is 12.3. The molecule has 8 nitrogen and oxygen atoms in total. The van der Waals surface area contributed by atoms with Crippen LogP contribution in [0, 0.1) is 0 Å². The zero-order chi connectivity index (χ0) is 24.0. The summed E-state index contributed by atoms with van der Waals surface area (Å²) in [5, 5.41) is 8.05. The molecule has 0 atom stereocenters. The van der Waals surface area contributed by atoms with Crippen LogP contribution in [0.15, 0.2) is 28.8 Å². The molecule has 1 saturated carbocycles. The number of carbonyl (C=O) groups excluding carboxylic acids is 2. The van der Waals surface area contributed by atoms with E-state index in [1.54, 1.807) is 0 Å². The molecule has 1 N–H and O–H groups in total. The minimum Gasteiger partial charge on any atom is -0.343 e. The van der Waals surface area contributed by atoms with Gasteiger partial charge in [0.05, 0.1) is 0 Å². The van der Waals surface area contributed by atoms with Crippen molar-refractivity contribution in [3.63, 3.8) is 0 Å². The van der Waals surface area contributed by atoms with Crippen LogP contribution in [0.3, 0.4) is 0 Å². The lowest BCUT2D eigenvalue weighted by Gasteiger charge is -2.34. The van der Waals surface area contributed by atoms with E-state index in [0.717, 1.165) is 63.2 Å². The third-order valence-electron chi connectivity index (χ3n) is 6.87. The first-order valence-corrected chi connectivity index (χ1v) is 12.7. The lowest BCUT2D eigenvalue weighted by atomic mass is 9.89. The fourth-order valence-electron chi connectivity index (χ4n) is 5.00. The van der Waals surface area contributed by atoms with Crippen molar-refractivity contribution in [2.45, 2.75) is 70.4 Å². The van der Waals surface area contributed by atoms with Crippen LogP contribution in [-0.4, -0.2) is 57.9 Å². The van der Waals surface area contributed by atoms with Crippen LogP contribution in [0.25, 0.3) is 0 Å². The molecule has 4 rings (SSSR count). The molecule has 1 aliphatic carbocycles. The molecule has 1 aliphatic heterocycles. The largest absolute Gasteiger partial charge is 0.343 e. The molecule has 1 aromatic heterocycles. The molecule has 0 radical (unpaired) electrons. The van der Waals surface area contributed by atoms with Crippen molar-refractivity contribution in [2.24, 2.45) is 0 Å². The minimum atomic E-state index is -0.561. The zero-order valence-electron chi connectivity index (χ0n) is 19.9. The molecule has 1 aromatic carbocycles. The Morgan fingerprint density at radius 2 is 1.74 bits per heavy atom. The monoisotopic (exact) mass is 487 g/mol. The molecule has 2 amide bonds. The fraction of sp³-hybridized carbons (Fsp3) is 0.600. The SMILES string of the molecule is CC(=O)NC1(c2noc(CCC(=O)N3CCN(Cc4ccc(Cl)cc4)CC3)n2)CCCCCC1. The molecule has 9 heteroatoms. The molecule has 0 bridgehead atoms. The summed E-state index contributed by atoms with van der Waals surface area (Å²) >= 11 is 5.97. The van der Waals surface area contributed by atoms with E-state index in [1.807, 2.05) is 29.2 Å². The molecule has 2 aliphatic rings. The fourth-order valence-corrected chi connectivity index (χ4v) is 5.13. The number of carbonyl (C=O) groups is 2. The first kappa shape index (κ1) is 24.7. The number of aryl methyl sites for hydroxylation is 1. The van der Waals surface area contributed by atoms with E-state index >= 15 is 0 Å². The van der Waals surface area contributed by atoms with Crippen LogP contribution in [0.4, 0.5) is 0 Å². The first-order chi connectivity index (χ1) is 16.4. The minimum absolute atomic E-state index is 0.0846. The zero-order valence-corrected chi connectivity index (χ0v) is 20.6. The van der Waals surface area contributed by atoms with Crippen molar-refractivity contribution in [2.75, 3.05) is 26.2 Å². The summed E-state index contributed by atoms with van der Waals surface area (Å²) in [5.74, 6) is 1.03. The summed E-state index contributed by atoms with van der Waals surface area (Å²) < 4.78 is 5.49. The molecule has 2 fully saturated rings. The summed E-state index contributed by atoms with van der Waals surface area (Å²) in [6.07, 6.45) is 6.70. The molecule has 1 saturated heterocycles. The molecule has 34 heavy (non-hydrogen) atoms. The standard InChI is InChI=1S/C25H34ClN5O3/c1-19(32)28-25(12-4-2-3-5-13-25)24-27-22(34-29-24)10-11-23(33)31-16-14-30(15-17-31)18-20-6-8-21(26)9-7-20/h6-9H,2-5,10-18H2,1H3,(H,28,32). The second kappa shape index (κ2) is 11.3. The normalized spacial score (nSPS) is 18.9. The highest BCUT2D eigenvalue weighted by molar-refractivity contribution is 6.30. The van der Waals surface area contributed by atoms with Crippen LogP contribution >= 0.6 is 11.6 Å². The Hall–Kier alpha value is -2.45. The maximum absolute atomic E-state index is 12.8. The Bertz CT molecular complexity index is 961.